The number of carbonyl (C=O) groups excluding carboxylic acids is 2. The number of para-hydroxylation sites is 1. The molecule has 9 heteroatoms. The molecule has 1 atom stereocenters. The third kappa shape index (κ3) is 3.70. The number of methoxy groups -OCH3 is 2. The van der Waals surface area contributed by atoms with E-state index in [4.69, 9.17) is 9.47 Å². The summed E-state index contributed by atoms with van der Waals surface area (Å²) in [5.41, 5.74) is 0.606. The van der Waals surface area contributed by atoms with Crippen LogP contribution in [0.1, 0.15) is 17.2 Å². The standard InChI is InChI=1S/C26H19FN2O5S/c1-33-14-11-12-18-20(13-14)35-26(28-18)29-22(15-7-3-5-9-17(15)27)21(24(31)25(29)32)23(30)16-8-4-6-10-19(16)34-2/h3-13,22,30H,1-2H3/b23-21+. The lowest BCUT2D eigenvalue weighted by atomic mass is 9.95. The molecule has 3 aromatic carbocycles. The average molecular weight is 491 g/mol. The van der Waals surface area contributed by atoms with Gasteiger partial charge in [0.25, 0.3) is 5.78 Å². The van der Waals surface area contributed by atoms with E-state index in [0.717, 1.165) is 20.9 Å². The van der Waals surface area contributed by atoms with Crippen molar-refractivity contribution < 1.29 is 28.6 Å². The topological polar surface area (TPSA) is 89.0 Å². The van der Waals surface area contributed by atoms with E-state index in [0.29, 0.717) is 17.0 Å². The number of anilines is 1. The highest BCUT2D eigenvalue weighted by Crippen LogP contribution is 2.45. The SMILES string of the molecule is COc1ccc2nc(N3C(=O)C(=O)/C(=C(/O)c4ccccc4OC)C3c3ccccc3F)sc2c1. The molecule has 7 nitrogen and oxygen atoms in total. The Morgan fingerprint density at radius 2 is 1.77 bits per heavy atom. The van der Waals surface area contributed by atoms with Crippen LogP contribution in [0.15, 0.2) is 72.3 Å². The van der Waals surface area contributed by atoms with Crippen molar-refractivity contribution in [3.63, 3.8) is 0 Å². The fourth-order valence-corrected chi connectivity index (χ4v) is 5.15. The van der Waals surface area contributed by atoms with Gasteiger partial charge in [0.1, 0.15) is 29.1 Å². The zero-order chi connectivity index (χ0) is 24.7. The van der Waals surface area contributed by atoms with E-state index in [9.17, 15) is 14.7 Å². The van der Waals surface area contributed by atoms with Gasteiger partial charge >= 0.3 is 5.91 Å². The molecule has 0 spiro atoms. The summed E-state index contributed by atoms with van der Waals surface area (Å²) < 4.78 is 26.4. The summed E-state index contributed by atoms with van der Waals surface area (Å²) in [5.74, 6) is -2.04. The maximum atomic E-state index is 15.1. The van der Waals surface area contributed by atoms with Crippen LogP contribution in [0, 0.1) is 5.82 Å². The molecule has 1 aliphatic rings. The summed E-state index contributed by atoms with van der Waals surface area (Å²) in [4.78, 5) is 32.3. The van der Waals surface area contributed by atoms with Crippen molar-refractivity contribution in [1.82, 2.24) is 4.98 Å². The number of amides is 1. The lowest BCUT2D eigenvalue weighted by Crippen LogP contribution is -2.29. The molecule has 2 heterocycles. The molecular weight excluding hydrogens is 471 g/mol. The number of ketones is 1. The lowest BCUT2D eigenvalue weighted by Gasteiger charge is -2.23. The van der Waals surface area contributed by atoms with Crippen LogP contribution in [0.5, 0.6) is 11.5 Å². The Hall–Kier alpha value is -4.24. The minimum atomic E-state index is -1.23. The van der Waals surface area contributed by atoms with Gasteiger partial charge < -0.3 is 14.6 Å². The number of nitrogens with zero attached hydrogens (tertiary/aromatic N) is 2. The highest BCUT2D eigenvalue weighted by Gasteiger charge is 2.49. The number of carbonyl (C=O) groups is 2. The van der Waals surface area contributed by atoms with Crippen molar-refractivity contribution in [3.8, 4) is 11.5 Å². The van der Waals surface area contributed by atoms with E-state index in [2.05, 4.69) is 4.98 Å². The number of rotatable bonds is 5. The van der Waals surface area contributed by atoms with E-state index in [1.54, 1.807) is 48.5 Å². The second kappa shape index (κ2) is 8.84. The molecule has 5 rings (SSSR count). The molecule has 0 bridgehead atoms. The number of Topliss-reactive ketones (excluding diaryl/α,β-unsaturated/α-hetero) is 1. The Kier molecular flexibility index (Phi) is 5.70. The number of ether oxygens (including phenoxy) is 2. The number of fused-ring (bicyclic) bond motifs is 1. The summed E-state index contributed by atoms with van der Waals surface area (Å²) >= 11 is 1.16. The quantitative estimate of drug-likeness (QED) is 0.239. The maximum Gasteiger partial charge on any atom is 0.301 e. The van der Waals surface area contributed by atoms with Crippen molar-refractivity contribution in [2.45, 2.75) is 6.04 Å². The van der Waals surface area contributed by atoms with Gasteiger partial charge in [-0.25, -0.2) is 9.37 Å². The molecule has 1 fully saturated rings. The van der Waals surface area contributed by atoms with Crippen molar-refractivity contribution in [2.24, 2.45) is 0 Å². The van der Waals surface area contributed by atoms with Crippen LogP contribution in [0.25, 0.3) is 16.0 Å². The van der Waals surface area contributed by atoms with Crippen LogP contribution in [0.3, 0.4) is 0 Å². The number of benzene rings is 3. The van der Waals surface area contributed by atoms with E-state index in [-0.39, 0.29) is 21.8 Å². The summed E-state index contributed by atoms with van der Waals surface area (Å²) in [7, 11) is 2.96. The normalized spacial score (nSPS) is 17.2. The molecule has 176 valence electrons. The Morgan fingerprint density at radius 1 is 1.03 bits per heavy atom. The molecule has 1 aliphatic heterocycles. The fraction of sp³-hybridized carbons (Fsp3) is 0.115. The van der Waals surface area contributed by atoms with Gasteiger partial charge in [-0.2, -0.15) is 0 Å². The van der Waals surface area contributed by atoms with E-state index < -0.39 is 29.3 Å². The van der Waals surface area contributed by atoms with Gasteiger partial charge in [-0.3, -0.25) is 14.5 Å². The van der Waals surface area contributed by atoms with E-state index >= 15 is 4.39 Å². The third-order valence-electron chi connectivity index (χ3n) is 5.80. The molecule has 1 N–H and O–H groups in total. The summed E-state index contributed by atoms with van der Waals surface area (Å²) in [6, 6.07) is 16.4. The van der Waals surface area contributed by atoms with Gasteiger partial charge in [-0.15, -0.1) is 0 Å². The monoisotopic (exact) mass is 490 g/mol. The maximum absolute atomic E-state index is 15.1. The van der Waals surface area contributed by atoms with Crippen molar-refractivity contribution in [2.75, 3.05) is 19.1 Å². The van der Waals surface area contributed by atoms with Crippen LogP contribution in [-0.4, -0.2) is 36.0 Å². The second-order valence-electron chi connectivity index (χ2n) is 7.72. The van der Waals surface area contributed by atoms with Gasteiger partial charge in [0.05, 0.1) is 35.6 Å². The van der Waals surface area contributed by atoms with E-state index in [1.165, 1.54) is 32.4 Å². The van der Waals surface area contributed by atoms with Crippen LogP contribution >= 0.6 is 11.3 Å². The number of aliphatic hydroxyl groups is 1. The highest BCUT2D eigenvalue weighted by molar-refractivity contribution is 7.22. The predicted octanol–water partition coefficient (Wildman–Crippen LogP) is 5.08. The highest BCUT2D eigenvalue weighted by atomic mass is 32.1. The first-order valence-electron chi connectivity index (χ1n) is 10.6. The minimum Gasteiger partial charge on any atom is -0.507 e. The summed E-state index contributed by atoms with van der Waals surface area (Å²) in [6.07, 6.45) is 0. The van der Waals surface area contributed by atoms with Crippen molar-refractivity contribution in [1.29, 1.82) is 0 Å². The molecular formula is C26H19FN2O5S. The number of aliphatic hydroxyl groups excluding tert-OH is 1. The molecule has 1 saturated heterocycles. The molecule has 0 aliphatic carbocycles. The Morgan fingerprint density at radius 3 is 2.51 bits per heavy atom. The molecule has 0 radical (unpaired) electrons. The largest absolute Gasteiger partial charge is 0.507 e. The van der Waals surface area contributed by atoms with Crippen LogP contribution in [0.4, 0.5) is 9.52 Å². The zero-order valence-electron chi connectivity index (χ0n) is 18.7. The van der Waals surface area contributed by atoms with Gasteiger partial charge in [0.2, 0.25) is 0 Å². The first kappa shape index (κ1) is 22.5. The molecule has 35 heavy (non-hydrogen) atoms. The van der Waals surface area contributed by atoms with Crippen molar-refractivity contribution in [3.05, 3.63) is 89.2 Å². The smallest absolute Gasteiger partial charge is 0.301 e. The van der Waals surface area contributed by atoms with Gasteiger partial charge in [-0.1, -0.05) is 41.7 Å². The van der Waals surface area contributed by atoms with Crippen LogP contribution < -0.4 is 14.4 Å². The minimum absolute atomic E-state index is 0.0555. The Balaban J connectivity index is 1.76. The van der Waals surface area contributed by atoms with E-state index in [1.807, 2.05) is 0 Å². The Bertz CT molecular complexity index is 1510. The predicted molar refractivity (Wildman–Crippen MR) is 130 cm³/mol. The Labute approximate surface area is 203 Å². The van der Waals surface area contributed by atoms with Crippen LogP contribution in [0.2, 0.25) is 0 Å². The number of halogens is 1. The fourth-order valence-electron chi connectivity index (χ4n) is 4.13. The summed E-state index contributed by atoms with van der Waals surface area (Å²) in [5, 5.41) is 11.5. The molecule has 1 unspecified atom stereocenters. The lowest BCUT2D eigenvalue weighted by molar-refractivity contribution is -0.132. The number of aromatic nitrogens is 1. The zero-order valence-corrected chi connectivity index (χ0v) is 19.5. The first-order chi connectivity index (χ1) is 16.9. The first-order valence-corrected chi connectivity index (χ1v) is 11.4. The second-order valence-corrected chi connectivity index (χ2v) is 8.73. The molecule has 1 amide bonds. The van der Waals surface area contributed by atoms with Crippen molar-refractivity contribution >= 4 is 44.1 Å². The molecule has 1 aromatic heterocycles. The number of hydrogen-bond acceptors (Lipinski definition) is 7. The molecule has 4 aromatic rings. The summed E-state index contributed by atoms with van der Waals surface area (Å²) in [6.45, 7) is 0. The van der Waals surface area contributed by atoms with Gasteiger partial charge in [0.15, 0.2) is 5.13 Å². The number of thiazole rings is 1. The van der Waals surface area contributed by atoms with Gasteiger partial charge in [0, 0.05) is 5.56 Å². The number of hydrogen-bond donors (Lipinski definition) is 1. The van der Waals surface area contributed by atoms with Crippen LogP contribution in [-0.2, 0) is 9.59 Å². The molecule has 0 saturated carbocycles. The third-order valence-corrected chi connectivity index (χ3v) is 6.81. The van der Waals surface area contributed by atoms with Gasteiger partial charge in [-0.05, 0) is 36.4 Å². The average Bonchev–Trinajstić information content (AvgIpc) is 3.41.